The molecule has 1 aliphatic carbocycles. The van der Waals surface area contributed by atoms with E-state index in [2.05, 4.69) is 0 Å². The summed E-state index contributed by atoms with van der Waals surface area (Å²) in [5, 5.41) is 1.68. The normalized spacial score (nSPS) is 20.7. The molecular weight excluding hydrogens is 336 g/mol. The lowest BCUT2D eigenvalue weighted by Crippen LogP contribution is -2.41. The fourth-order valence-corrected chi connectivity index (χ4v) is 5.99. The SMILES string of the molecule is CN(C(=O)c1sccc1S(=O)(=O)N1CCOCC1)C1CCCC1. The van der Waals surface area contributed by atoms with Gasteiger partial charge < -0.3 is 9.64 Å². The van der Waals surface area contributed by atoms with Gasteiger partial charge >= 0.3 is 0 Å². The average Bonchev–Trinajstić information content (AvgIpc) is 3.25. The maximum Gasteiger partial charge on any atom is 0.265 e. The lowest BCUT2D eigenvalue weighted by molar-refractivity contribution is 0.0721. The summed E-state index contributed by atoms with van der Waals surface area (Å²) in [5.74, 6) is -0.182. The average molecular weight is 358 g/mol. The molecule has 1 amide bonds. The molecule has 2 heterocycles. The first-order chi connectivity index (χ1) is 11.0. The highest BCUT2D eigenvalue weighted by molar-refractivity contribution is 7.89. The zero-order valence-electron chi connectivity index (χ0n) is 13.2. The van der Waals surface area contributed by atoms with E-state index in [1.807, 2.05) is 0 Å². The van der Waals surface area contributed by atoms with Crippen molar-refractivity contribution in [3.8, 4) is 0 Å². The number of thiophene rings is 1. The number of hydrogen-bond donors (Lipinski definition) is 0. The largest absolute Gasteiger partial charge is 0.379 e. The Morgan fingerprint density at radius 2 is 1.96 bits per heavy atom. The van der Waals surface area contributed by atoms with E-state index in [0.717, 1.165) is 25.7 Å². The van der Waals surface area contributed by atoms with Gasteiger partial charge in [-0.25, -0.2) is 8.42 Å². The highest BCUT2D eigenvalue weighted by atomic mass is 32.2. The number of ether oxygens (including phenoxy) is 1. The molecule has 3 rings (SSSR count). The van der Waals surface area contributed by atoms with Crippen molar-refractivity contribution in [2.24, 2.45) is 0 Å². The highest BCUT2D eigenvalue weighted by Crippen LogP contribution is 2.29. The van der Waals surface area contributed by atoms with E-state index in [4.69, 9.17) is 4.74 Å². The first-order valence-electron chi connectivity index (χ1n) is 7.94. The van der Waals surface area contributed by atoms with Crippen LogP contribution in [0.25, 0.3) is 0 Å². The van der Waals surface area contributed by atoms with E-state index in [0.29, 0.717) is 31.2 Å². The minimum atomic E-state index is -3.64. The van der Waals surface area contributed by atoms with E-state index in [9.17, 15) is 13.2 Å². The molecule has 1 saturated heterocycles. The van der Waals surface area contributed by atoms with Gasteiger partial charge in [-0.3, -0.25) is 4.79 Å². The van der Waals surface area contributed by atoms with Crippen LogP contribution in [0.1, 0.15) is 35.4 Å². The monoisotopic (exact) mass is 358 g/mol. The Balaban J connectivity index is 1.85. The van der Waals surface area contributed by atoms with Crippen LogP contribution < -0.4 is 0 Å². The second-order valence-corrected chi connectivity index (χ2v) is 8.81. The van der Waals surface area contributed by atoms with Gasteiger partial charge in [0, 0.05) is 26.2 Å². The van der Waals surface area contributed by atoms with Gasteiger partial charge in [0.1, 0.15) is 9.77 Å². The van der Waals surface area contributed by atoms with Crippen molar-refractivity contribution >= 4 is 27.3 Å². The van der Waals surface area contributed by atoms with Gasteiger partial charge in [0.05, 0.1) is 13.2 Å². The summed E-state index contributed by atoms with van der Waals surface area (Å²) < 4.78 is 32.3. The number of amides is 1. The number of nitrogens with zero attached hydrogens (tertiary/aromatic N) is 2. The van der Waals surface area contributed by atoms with Gasteiger partial charge in [-0.2, -0.15) is 4.31 Å². The quantitative estimate of drug-likeness (QED) is 0.823. The summed E-state index contributed by atoms with van der Waals surface area (Å²) >= 11 is 1.21. The molecule has 128 valence electrons. The number of carbonyl (C=O) groups is 1. The molecule has 1 aromatic heterocycles. The molecule has 0 aromatic carbocycles. The third-order valence-electron chi connectivity index (χ3n) is 4.60. The first kappa shape index (κ1) is 16.9. The summed E-state index contributed by atoms with van der Waals surface area (Å²) in [6, 6.07) is 1.77. The summed E-state index contributed by atoms with van der Waals surface area (Å²) in [6.07, 6.45) is 4.26. The predicted octanol–water partition coefficient (Wildman–Crippen LogP) is 1.78. The zero-order chi connectivity index (χ0) is 16.4. The Labute approximate surface area is 141 Å². The lowest BCUT2D eigenvalue weighted by atomic mass is 10.2. The van der Waals surface area contributed by atoms with Crippen LogP contribution in [0.3, 0.4) is 0 Å². The molecule has 0 radical (unpaired) electrons. The number of rotatable bonds is 4. The van der Waals surface area contributed by atoms with Gasteiger partial charge in [0.15, 0.2) is 0 Å². The fraction of sp³-hybridized carbons (Fsp3) is 0.667. The molecule has 6 nitrogen and oxygen atoms in total. The highest BCUT2D eigenvalue weighted by Gasteiger charge is 2.33. The molecule has 23 heavy (non-hydrogen) atoms. The van der Waals surface area contributed by atoms with Crippen LogP contribution in [0.15, 0.2) is 16.3 Å². The minimum Gasteiger partial charge on any atom is -0.379 e. The second-order valence-electron chi connectivity index (χ2n) is 5.98. The molecule has 1 aliphatic heterocycles. The van der Waals surface area contributed by atoms with Crippen molar-refractivity contribution in [3.05, 3.63) is 16.3 Å². The van der Waals surface area contributed by atoms with Crippen molar-refractivity contribution in [1.82, 2.24) is 9.21 Å². The Kier molecular flexibility index (Phi) is 5.05. The lowest BCUT2D eigenvalue weighted by Gasteiger charge is -2.27. The van der Waals surface area contributed by atoms with Gasteiger partial charge in [-0.1, -0.05) is 12.8 Å². The van der Waals surface area contributed by atoms with Gasteiger partial charge in [-0.15, -0.1) is 11.3 Å². The number of morpholine rings is 1. The topological polar surface area (TPSA) is 66.9 Å². The fourth-order valence-electron chi connectivity index (χ4n) is 3.20. The molecule has 0 N–H and O–H groups in total. The molecule has 0 unspecified atom stereocenters. The smallest absolute Gasteiger partial charge is 0.265 e. The van der Waals surface area contributed by atoms with E-state index in [1.165, 1.54) is 15.6 Å². The van der Waals surface area contributed by atoms with Crippen LogP contribution >= 0.6 is 11.3 Å². The molecule has 0 spiro atoms. The molecule has 8 heteroatoms. The molecular formula is C15H22N2O4S2. The molecule has 0 atom stereocenters. The summed E-state index contributed by atoms with van der Waals surface area (Å²) in [5.41, 5.74) is 0. The number of sulfonamides is 1. The summed E-state index contributed by atoms with van der Waals surface area (Å²) in [7, 11) is -1.85. The van der Waals surface area contributed by atoms with E-state index in [1.54, 1.807) is 23.4 Å². The summed E-state index contributed by atoms with van der Waals surface area (Å²) in [6.45, 7) is 1.47. The molecule has 1 aromatic rings. The Morgan fingerprint density at radius 1 is 1.30 bits per heavy atom. The molecule has 1 saturated carbocycles. The van der Waals surface area contributed by atoms with Crippen molar-refractivity contribution < 1.29 is 17.9 Å². The third-order valence-corrected chi connectivity index (χ3v) is 7.58. The Morgan fingerprint density at radius 3 is 2.61 bits per heavy atom. The maximum atomic E-state index is 12.8. The Bertz CT molecular complexity index is 659. The maximum absolute atomic E-state index is 12.8. The summed E-state index contributed by atoms with van der Waals surface area (Å²) in [4.78, 5) is 15.0. The van der Waals surface area contributed by atoms with Crippen LogP contribution in [0.5, 0.6) is 0 Å². The van der Waals surface area contributed by atoms with Gasteiger partial charge in [0.2, 0.25) is 10.0 Å². The van der Waals surface area contributed by atoms with E-state index < -0.39 is 10.0 Å². The van der Waals surface area contributed by atoms with Crippen molar-refractivity contribution in [1.29, 1.82) is 0 Å². The minimum absolute atomic E-state index is 0.138. The number of carbonyl (C=O) groups excluding carboxylic acids is 1. The molecule has 0 bridgehead atoms. The van der Waals surface area contributed by atoms with E-state index >= 15 is 0 Å². The molecule has 2 fully saturated rings. The van der Waals surface area contributed by atoms with Crippen molar-refractivity contribution in [3.63, 3.8) is 0 Å². The van der Waals surface area contributed by atoms with Crippen LogP contribution in [0.2, 0.25) is 0 Å². The van der Waals surface area contributed by atoms with E-state index in [-0.39, 0.29) is 16.8 Å². The standard InChI is InChI=1S/C15H22N2O4S2/c1-16(12-4-2-3-5-12)15(18)14-13(6-11-22-14)23(19,20)17-7-9-21-10-8-17/h6,11-12H,2-5,7-10H2,1H3. The van der Waals surface area contributed by atoms with Gasteiger partial charge in [0.25, 0.3) is 5.91 Å². The van der Waals surface area contributed by atoms with Crippen LogP contribution in [0, 0.1) is 0 Å². The van der Waals surface area contributed by atoms with Crippen LogP contribution in [-0.4, -0.2) is 62.9 Å². The first-order valence-corrected chi connectivity index (χ1v) is 10.3. The number of hydrogen-bond acceptors (Lipinski definition) is 5. The third kappa shape index (κ3) is 3.31. The van der Waals surface area contributed by atoms with Crippen LogP contribution in [0.4, 0.5) is 0 Å². The van der Waals surface area contributed by atoms with Crippen molar-refractivity contribution in [2.75, 3.05) is 33.4 Å². The predicted molar refractivity (Wildman–Crippen MR) is 88.2 cm³/mol. The second kappa shape index (κ2) is 6.88. The van der Waals surface area contributed by atoms with Crippen LogP contribution in [-0.2, 0) is 14.8 Å². The van der Waals surface area contributed by atoms with Crippen molar-refractivity contribution in [2.45, 2.75) is 36.6 Å². The molecule has 2 aliphatic rings. The Hall–Kier alpha value is -0.960. The zero-order valence-corrected chi connectivity index (χ0v) is 14.9. The van der Waals surface area contributed by atoms with Gasteiger partial charge in [-0.05, 0) is 24.3 Å².